The summed E-state index contributed by atoms with van der Waals surface area (Å²) in [7, 11) is 0. The zero-order valence-corrected chi connectivity index (χ0v) is 11.8. The molecule has 0 aromatic carbocycles. The van der Waals surface area contributed by atoms with Gasteiger partial charge in [-0.15, -0.1) is 11.3 Å². The molecular formula is C13H16N4OS. The minimum atomic E-state index is -0.00899. The van der Waals surface area contributed by atoms with E-state index in [9.17, 15) is 4.79 Å². The van der Waals surface area contributed by atoms with Crippen LogP contribution in [0.4, 0.5) is 0 Å². The smallest absolute Gasteiger partial charge is 0.263 e. The van der Waals surface area contributed by atoms with Crippen LogP contribution in [0.25, 0.3) is 0 Å². The lowest BCUT2D eigenvalue weighted by atomic mass is 10.1. The lowest BCUT2D eigenvalue weighted by Crippen LogP contribution is -2.40. The monoisotopic (exact) mass is 276 g/mol. The van der Waals surface area contributed by atoms with E-state index in [2.05, 4.69) is 19.9 Å². The van der Waals surface area contributed by atoms with E-state index in [0.717, 1.165) is 36.6 Å². The van der Waals surface area contributed by atoms with Gasteiger partial charge in [-0.05, 0) is 20.3 Å². The number of aryl methyl sites for hydroxylation is 3. The molecule has 0 radical (unpaired) electrons. The maximum absolute atomic E-state index is 12.1. The number of nitrogens with one attached hydrogen (secondary N) is 1. The zero-order chi connectivity index (χ0) is 13.4. The Morgan fingerprint density at radius 3 is 3.11 bits per heavy atom. The predicted octanol–water partition coefficient (Wildman–Crippen LogP) is 1.70. The number of imidazole rings is 1. The van der Waals surface area contributed by atoms with E-state index in [4.69, 9.17) is 0 Å². The second-order valence-electron chi connectivity index (χ2n) is 4.93. The van der Waals surface area contributed by atoms with Gasteiger partial charge in [0.25, 0.3) is 5.91 Å². The lowest BCUT2D eigenvalue weighted by Gasteiger charge is -2.24. The molecule has 0 unspecified atom stereocenters. The Bertz CT molecular complexity index is 616. The quantitative estimate of drug-likeness (QED) is 0.908. The average Bonchev–Trinajstić information content (AvgIpc) is 2.93. The molecule has 0 bridgehead atoms. The van der Waals surface area contributed by atoms with Gasteiger partial charge < -0.3 is 9.88 Å². The Morgan fingerprint density at radius 2 is 2.37 bits per heavy atom. The van der Waals surface area contributed by atoms with Gasteiger partial charge in [-0.1, -0.05) is 0 Å². The summed E-state index contributed by atoms with van der Waals surface area (Å²) in [6.07, 6.45) is 3.91. The van der Waals surface area contributed by atoms with Crippen LogP contribution in [-0.4, -0.2) is 26.5 Å². The fourth-order valence-electron chi connectivity index (χ4n) is 2.47. The highest BCUT2D eigenvalue weighted by molar-refractivity contribution is 7.11. The fourth-order valence-corrected chi connectivity index (χ4v) is 3.18. The SMILES string of the molecule is Cc1cn2c(n1)CC[C@H](NC(=O)c1scnc1C)C2. The van der Waals surface area contributed by atoms with Crippen LogP contribution in [0.2, 0.25) is 0 Å². The number of rotatable bonds is 2. The number of fused-ring (bicyclic) bond motifs is 1. The summed E-state index contributed by atoms with van der Waals surface area (Å²) in [5.74, 6) is 1.11. The third-order valence-electron chi connectivity index (χ3n) is 3.40. The molecular weight excluding hydrogens is 260 g/mol. The molecule has 6 heteroatoms. The standard InChI is InChI=1S/C13H16N4OS/c1-8-5-17-6-10(3-4-11(17)15-8)16-13(18)12-9(2)14-7-19-12/h5,7,10H,3-4,6H2,1-2H3,(H,16,18)/t10-/m0/s1. The summed E-state index contributed by atoms with van der Waals surface area (Å²) in [4.78, 5) is 21.4. The first kappa shape index (κ1) is 12.3. The molecule has 0 saturated heterocycles. The first-order valence-corrected chi connectivity index (χ1v) is 7.25. The molecule has 0 aliphatic carbocycles. The van der Waals surface area contributed by atoms with Crippen molar-refractivity contribution in [2.45, 2.75) is 39.3 Å². The normalized spacial score (nSPS) is 18.1. The Hall–Kier alpha value is -1.69. The molecule has 100 valence electrons. The van der Waals surface area contributed by atoms with Crippen molar-refractivity contribution in [3.63, 3.8) is 0 Å². The molecule has 1 atom stereocenters. The molecule has 3 rings (SSSR count). The number of nitrogens with zero attached hydrogens (tertiary/aromatic N) is 3. The molecule has 2 aromatic heterocycles. The summed E-state index contributed by atoms with van der Waals surface area (Å²) >= 11 is 1.39. The highest BCUT2D eigenvalue weighted by atomic mass is 32.1. The van der Waals surface area contributed by atoms with Gasteiger partial charge in [0.05, 0.1) is 16.9 Å². The summed E-state index contributed by atoms with van der Waals surface area (Å²) in [6.45, 7) is 4.67. The molecule has 19 heavy (non-hydrogen) atoms. The third kappa shape index (κ3) is 2.40. The van der Waals surface area contributed by atoms with Crippen LogP contribution in [0.3, 0.4) is 0 Å². The van der Waals surface area contributed by atoms with Crippen LogP contribution in [0.1, 0.15) is 33.3 Å². The average molecular weight is 276 g/mol. The maximum Gasteiger partial charge on any atom is 0.263 e. The van der Waals surface area contributed by atoms with Crippen LogP contribution in [0.15, 0.2) is 11.7 Å². The van der Waals surface area contributed by atoms with Crippen molar-refractivity contribution in [1.82, 2.24) is 19.9 Å². The topological polar surface area (TPSA) is 59.8 Å². The second-order valence-corrected chi connectivity index (χ2v) is 5.78. The Kier molecular flexibility index (Phi) is 3.10. The highest BCUT2D eigenvalue weighted by Crippen LogP contribution is 2.17. The van der Waals surface area contributed by atoms with E-state index in [1.165, 1.54) is 11.3 Å². The summed E-state index contributed by atoms with van der Waals surface area (Å²) in [6, 6.07) is 0.176. The summed E-state index contributed by atoms with van der Waals surface area (Å²) in [5, 5.41) is 3.10. The first-order chi connectivity index (χ1) is 9.13. The van der Waals surface area contributed by atoms with Crippen molar-refractivity contribution in [2.24, 2.45) is 0 Å². The molecule has 1 aliphatic rings. The molecule has 0 saturated carbocycles. The number of thiazole rings is 1. The van der Waals surface area contributed by atoms with Gasteiger partial charge >= 0.3 is 0 Å². The van der Waals surface area contributed by atoms with Gasteiger partial charge in [-0.25, -0.2) is 9.97 Å². The van der Waals surface area contributed by atoms with E-state index in [0.29, 0.717) is 4.88 Å². The van der Waals surface area contributed by atoms with Crippen molar-refractivity contribution in [2.75, 3.05) is 0 Å². The number of hydrogen-bond donors (Lipinski definition) is 1. The third-order valence-corrected chi connectivity index (χ3v) is 4.33. The Balaban J connectivity index is 1.69. The number of amides is 1. The van der Waals surface area contributed by atoms with Crippen LogP contribution in [0, 0.1) is 13.8 Å². The first-order valence-electron chi connectivity index (χ1n) is 6.37. The molecule has 2 aromatic rings. The van der Waals surface area contributed by atoms with Crippen LogP contribution >= 0.6 is 11.3 Å². The van der Waals surface area contributed by atoms with Crippen LogP contribution in [-0.2, 0) is 13.0 Å². The number of hydrogen-bond acceptors (Lipinski definition) is 4. The van der Waals surface area contributed by atoms with Crippen molar-refractivity contribution >= 4 is 17.2 Å². The molecule has 1 amide bonds. The van der Waals surface area contributed by atoms with Gasteiger partial charge in [-0.3, -0.25) is 4.79 Å². The fraction of sp³-hybridized carbons (Fsp3) is 0.462. The number of carbonyl (C=O) groups excluding carboxylic acids is 1. The Morgan fingerprint density at radius 1 is 1.53 bits per heavy atom. The Labute approximate surface area is 115 Å². The van der Waals surface area contributed by atoms with E-state index >= 15 is 0 Å². The van der Waals surface area contributed by atoms with E-state index in [1.807, 2.05) is 20.0 Å². The van der Waals surface area contributed by atoms with Gasteiger partial charge in [0, 0.05) is 25.2 Å². The summed E-state index contributed by atoms with van der Waals surface area (Å²) < 4.78 is 2.14. The molecule has 1 aliphatic heterocycles. The van der Waals surface area contributed by atoms with Crippen molar-refractivity contribution in [3.8, 4) is 0 Å². The highest BCUT2D eigenvalue weighted by Gasteiger charge is 2.22. The maximum atomic E-state index is 12.1. The predicted molar refractivity (Wildman–Crippen MR) is 73.4 cm³/mol. The molecule has 0 fully saturated rings. The van der Waals surface area contributed by atoms with Crippen molar-refractivity contribution in [1.29, 1.82) is 0 Å². The minimum Gasteiger partial charge on any atom is -0.347 e. The second kappa shape index (κ2) is 4.77. The van der Waals surface area contributed by atoms with E-state index in [-0.39, 0.29) is 11.9 Å². The molecule has 5 nitrogen and oxygen atoms in total. The van der Waals surface area contributed by atoms with Gasteiger partial charge in [-0.2, -0.15) is 0 Å². The van der Waals surface area contributed by atoms with Gasteiger partial charge in [0.2, 0.25) is 0 Å². The molecule has 3 heterocycles. The number of carbonyl (C=O) groups is 1. The van der Waals surface area contributed by atoms with Gasteiger partial charge in [0.15, 0.2) is 0 Å². The van der Waals surface area contributed by atoms with Gasteiger partial charge in [0.1, 0.15) is 10.7 Å². The zero-order valence-electron chi connectivity index (χ0n) is 11.0. The van der Waals surface area contributed by atoms with Crippen LogP contribution in [0.5, 0.6) is 0 Å². The van der Waals surface area contributed by atoms with Crippen molar-refractivity contribution in [3.05, 3.63) is 33.8 Å². The summed E-state index contributed by atoms with van der Waals surface area (Å²) in [5.41, 5.74) is 3.56. The molecule has 0 spiro atoms. The van der Waals surface area contributed by atoms with E-state index < -0.39 is 0 Å². The minimum absolute atomic E-state index is 0.00899. The number of aromatic nitrogens is 3. The van der Waals surface area contributed by atoms with Crippen molar-refractivity contribution < 1.29 is 4.79 Å². The van der Waals surface area contributed by atoms with Crippen LogP contribution < -0.4 is 5.32 Å². The lowest BCUT2D eigenvalue weighted by molar-refractivity contribution is 0.0931. The molecule has 1 N–H and O–H groups in total. The van der Waals surface area contributed by atoms with E-state index in [1.54, 1.807) is 5.51 Å². The largest absolute Gasteiger partial charge is 0.347 e.